The normalized spacial score (nSPS) is 14.0. The van der Waals surface area contributed by atoms with Gasteiger partial charge in [0.05, 0.1) is 12.2 Å². The van der Waals surface area contributed by atoms with Crippen molar-refractivity contribution in [3.8, 4) is 0 Å². The molecule has 27 heavy (non-hydrogen) atoms. The maximum Gasteiger partial charge on any atom is 0.191 e. The highest BCUT2D eigenvalue weighted by Crippen LogP contribution is 2.26. The highest BCUT2D eigenvalue weighted by atomic mass is 127. The lowest BCUT2D eigenvalue weighted by Crippen LogP contribution is -2.44. The summed E-state index contributed by atoms with van der Waals surface area (Å²) in [6.07, 6.45) is 0. The Morgan fingerprint density at radius 3 is 2.52 bits per heavy atom. The average Bonchev–Trinajstić information content (AvgIpc) is 3.17. The summed E-state index contributed by atoms with van der Waals surface area (Å²) >= 11 is 0. The molecule has 0 radical (unpaired) electrons. The monoisotopic (exact) mass is 490 g/mol. The van der Waals surface area contributed by atoms with E-state index in [9.17, 15) is 5.11 Å². The van der Waals surface area contributed by atoms with Gasteiger partial charge in [0.15, 0.2) is 11.7 Å². The van der Waals surface area contributed by atoms with Crippen molar-refractivity contribution in [2.75, 3.05) is 13.1 Å². The van der Waals surface area contributed by atoms with Crippen molar-refractivity contribution in [1.82, 2.24) is 15.8 Å². The largest absolute Gasteiger partial charge is 0.466 e. The third kappa shape index (κ3) is 6.53. The van der Waals surface area contributed by atoms with E-state index in [1.165, 1.54) is 0 Å². The number of nitrogens with zero attached hydrogens (tertiary/aromatic N) is 2. The van der Waals surface area contributed by atoms with Gasteiger partial charge in [-0.2, -0.15) is 0 Å². The van der Waals surface area contributed by atoms with Gasteiger partial charge in [0.25, 0.3) is 0 Å². The second-order valence-corrected chi connectivity index (χ2v) is 7.02. The van der Waals surface area contributed by atoms with Gasteiger partial charge >= 0.3 is 0 Å². The fourth-order valence-electron chi connectivity index (χ4n) is 2.69. The zero-order chi connectivity index (χ0) is 19.3. The van der Waals surface area contributed by atoms with E-state index in [2.05, 4.69) is 34.6 Å². The number of nitrogens with one attached hydrogen (secondary N) is 2. The Kier molecular flexibility index (Phi) is 8.80. The number of aliphatic imine (C=N–C) groups is 1. The Hall–Kier alpha value is -1.55. The van der Waals surface area contributed by atoms with Crippen molar-refractivity contribution in [2.24, 2.45) is 4.99 Å². The van der Waals surface area contributed by atoms with Crippen LogP contribution in [-0.2, 0) is 12.1 Å². The van der Waals surface area contributed by atoms with Crippen molar-refractivity contribution >= 4 is 29.9 Å². The summed E-state index contributed by atoms with van der Waals surface area (Å²) in [5, 5.41) is 21.2. The zero-order valence-corrected chi connectivity index (χ0v) is 19.3. The summed E-state index contributed by atoms with van der Waals surface area (Å²) in [6.45, 7) is 13.0. The maximum atomic E-state index is 10.8. The lowest BCUT2D eigenvalue weighted by atomic mass is 9.96. The number of hydrogen-bond acceptors (Lipinski definition) is 5. The van der Waals surface area contributed by atoms with Crippen LogP contribution in [0.1, 0.15) is 62.2 Å². The molecule has 0 aromatic carbocycles. The summed E-state index contributed by atoms with van der Waals surface area (Å²) in [7, 11) is 0. The first-order valence-corrected chi connectivity index (χ1v) is 9.00. The average molecular weight is 490 g/mol. The van der Waals surface area contributed by atoms with Crippen LogP contribution in [0.5, 0.6) is 0 Å². The van der Waals surface area contributed by atoms with E-state index in [1.807, 2.05) is 32.9 Å². The van der Waals surface area contributed by atoms with Gasteiger partial charge in [-0.1, -0.05) is 19.0 Å². The van der Waals surface area contributed by atoms with Crippen LogP contribution in [0, 0.1) is 13.8 Å². The standard InChI is InChI=1S/C19H30N4O3.HI/c1-7-20-18(21-10-15-9-17(12(2)3)23-26-15)22-11-19(6,24)16-8-13(4)25-14(16)5;/h8-9,12,24H,7,10-11H2,1-6H3,(H2,20,21,22);1H. The summed E-state index contributed by atoms with van der Waals surface area (Å²) in [6, 6.07) is 3.79. The number of aromatic nitrogens is 1. The van der Waals surface area contributed by atoms with Gasteiger partial charge in [-0.15, -0.1) is 24.0 Å². The molecule has 7 nitrogen and oxygen atoms in total. The van der Waals surface area contributed by atoms with Crippen LogP contribution < -0.4 is 10.6 Å². The van der Waals surface area contributed by atoms with Crippen LogP contribution >= 0.6 is 24.0 Å². The molecule has 0 saturated heterocycles. The number of halogens is 1. The van der Waals surface area contributed by atoms with Crippen LogP contribution in [0.4, 0.5) is 0 Å². The minimum Gasteiger partial charge on any atom is -0.466 e. The third-order valence-corrected chi connectivity index (χ3v) is 4.13. The molecule has 2 aromatic heterocycles. The van der Waals surface area contributed by atoms with E-state index in [4.69, 9.17) is 8.94 Å². The van der Waals surface area contributed by atoms with E-state index < -0.39 is 5.60 Å². The molecule has 152 valence electrons. The maximum absolute atomic E-state index is 10.8. The van der Waals surface area contributed by atoms with Gasteiger partial charge < -0.3 is 24.7 Å². The number of aryl methyl sites for hydroxylation is 2. The van der Waals surface area contributed by atoms with Crippen LogP contribution in [0.3, 0.4) is 0 Å². The lowest BCUT2D eigenvalue weighted by molar-refractivity contribution is 0.0601. The zero-order valence-electron chi connectivity index (χ0n) is 16.9. The fourth-order valence-corrected chi connectivity index (χ4v) is 2.69. The van der Waals surface area contributed by atoms with Crippen LogP contribution in [0.2, 0.25) is 0 Å². The molecule has 0 aliphatic heterocycles. The van der Waals surface area contributed by atoms with Gasteiger partial charge in [0, 0.05) is 18.2 Å². The Balaban J connectivity index is 0.00000364. The van der Waals surface area contributed by atoms with E-state index in [1.54, 1.807) is 6.92 Å². The molecule has 8 heteroatoms. The SMILES string of the molecule is CCNC(=NCc1cc(C(C)C)no1)NCC(C)(O)c1cc(C)oc1C.I. The molecular formula is C19H31IN4O3. The summed E-state index contributed by atoms with van der Waals surface area (Å²) < 4.78 is 10.8. The highest BCUT2D eigenvalue weighted by Gasteiger charge is 2.27. The first-order valence-electron chi connectivity index (χ1n) is 9.00. The number of furan rings is 1. The fraction of sp³-hybridized carbons (Fsp3) is 0.579. The summed E-state index contributed by atoms with van der Waals surface area (Å²) in [5.74, 6) is 3.13. The van der Waals surface area contributed by atoms with Gasteiger partial charge in [0.1, 0.15) is 23.7 Å². The Morgan fingerprint density at radius 2 is 2.00 bits per heavy atom. The smallest absolute Gasteiger partial charge is 0.191 e. The predicted molar refractivity (Wildman–Crippen MR) is 117 cm³/mol. The first-order chi connectivity index (χ1) is 12.2. The van der Waals surface area contributed by atoms with Crippen molar-refractivity contribution in [3.05, 3.63) is 40.7 Å². The minimum absolute atomic E-state index is 0. The molecule has 2 rings (SSSR count). The van der Waals surface area contributed by atoms with E-state index in [0.717, 1.165) is 22.8 Å². The second kappa shape index (κ2) is 10.1. The summed E-state index contributed by atoms with van der Waals surface area (Å²) in [4.78, 5) is 4.51. The van der Waals surface area contributed by atoms with Crippen molar-refractivity contribution in [2.45, 2.75) is 59.6 Å². The lowest BCUT2D eigenvalue weighted by Gasteiger charge is -2.24. The molecule has 0 aliphatic carbocycles. The van der Waals surface area contributed by atoms with Gasteiger partial charge in [-0.05, 0) is 39.7 Å². The molecule has 0 aliphatic rings. The number of hydrogen-bond donors (Lipinski definition) is 3. The van der Waals surface area contributed by atoms with Gasteiger partial charge in [0.2, 0.25) is 0 Å². The summed E-state index contributed by atoms with van der Waals surface area (Å²) in [5.41, 5.74) is 0.617. The molecule has 0 amide bonds. The van der Waals surface area contributed by atoms with Crippen molar-refractivity contribution in [3.63, 3.8) is 0 Å². The van der Waals surface area contributed by atoms with Crippen molar-refractivity contribution in [1.29, 1.82) is 0 Å². The van der Waals surface area contributed by atoms with Crippen LogP contribution in [-0.4, -0.2) is 29.3 Å². The van der Waals surface area contributed by atoms with Gasteiger partial charge in [-0.3, -0.25) is 0 Å². The first kappa shape index (κ1) is 23.5. The number of rotatable bonds is 7. The molecule has 0 spiro atoms. The topological polar surface area (TPSA) is 95.8 Å². The Morgan fingerprint density at radius 1 is 1.30 bits per heavy atom. The highest BCUT2D eigenvalue weighted by molar-refractivity contribution is 14.0. The molecular weight excluding hydrogens is 459 g/mol. The van der Waals surface area contributed by atoms with Crippen molar-refractivity contribution < 1.29 is 14.0 Å². The van der Waals surface area contributed by atoms with E-state index in [0.29, 0.717) is 37.3 Å². The van der Waals surface area contributed by atoms with Gasteiger partial charge in [-0.25, -0.2) is 4.99 Å². The number of aliphatic hydroxyl groups is 1. The quantitative estimate of drug-likeness (QED) is 0.312. The molecule has 2 heterocycles. The predicted octanol–water partition coefficient (Wildman–Crippen LogP) is 3.59. The second-order valence-electron chi connectivity index (χ2n) is 7.02. The Bertz CT molecular complexity index is 750. The minimum atomic E-state index is -1.07. The molecule has 1 unspecified atom stereocenters. The van der Waals surface area contributed by atoms with Crippen LogP contribution in [0.25, 0.3) is 0 Å². The molecule has 0 bridgehead atoms. The molecule has 0 fully saturated rings. The molecule has 3 N–H and O–H groups in total. The molecule has 2 aromatic rings. The third-order valence-electron chi connectivity index (χ3n) is 4.13. The molecule has 0 saturated carbocycles. The van der Waals surface area contributed by atoms with E-state index in [-0.39, 0.29) is 24.0 Å². The molecule has 1 atom stereocenters. The Labute approximate surface area is 178 Å². The van der Waals surface area contributed by atoms with E-state index >= 15 is 0 Å². The number of guanidine groups is 1. The van der Waals surface area contributed by atoms with Crippen LogP contribution in [0.15, 0.2) is 26.1 Å².